The number of nitrogens with one attached hydrogen (secondary N) is 2. The van der Waals surface area contributed by atoms with Crippen LogP contribution < -0.4 is 10.2 Å². The van der Waals surface area contributed by atoms with Crippen molar-refractivity contribution in [2.45, 2.75) is 54.6 Å². The summed E-state index contributed by atoms with van der Waals surface area (Å²) in [6, 6.07) is 10.7. The second kappa shape index (κ2) is 10.9. The van der Waals surface area contributed by atoms with Crippen LogP contribution in [0.2, 0.25) is 0 Å². The van der Waals surface area contributed by atoms with E-state index in [1.54, 1.807) is 24.3 Å². The molecular weight excluding hydrogens is 522 g/mol. The molecule has 8 nitrogen and oxygen atoms in total. The molecule has 13 heteroatoms. The molecule has 1 atom stereocenters. The Kier molecular flexibility index (Phi) is 7.57. The van der Waals surface area contributed by atoms with E-state index in [1.165, 1.54) is 11.8 Å². The summed E-state index contributed by atoms with van der Waals surface area (Å²) in [6.07, 6.45) is -6.38. The fourth-order valence-corrected chi connectivity index (χ4v) is 5.31. The fraction of sp³-hybridized carbons (Fsp3) is 0.440. The van der Waals surface area contributed by atoms with Crippen molar-refractivity contribution in [3.05, 3.63) is 47.7 Å². The molecule has 2 aliphatic rings. The van der Waals surface area contributed by atoms with Crippen LogP contribution in [0.3, 0.4) is 0 Å². The summed E-state index contributed by atoms with van der Waals surface area (Å²) in [5.74, 6) is 1.04. The van der Waals surface area contributed by atoms with Gasteiger partial charge in [-0.3, -0.25) is 14.8 Å². The minimum Gasteiger partial charge on any atom is -0.353 e. The molecule has 5 rings (SSSR count). The van der Waals surface area contributed by atoms with Crippen LogP contribution in [0.4, 0.5) is 35.0 Å². The predicted octanol–water partition coefficient (Wildman–Crippen LogP) is 5.19. The number of carbonyl (C=O) groups is 1. The van der Waals surface area contributed by atoms with Gasteiger partial charge in [0, 0.05) is 64.2 Å². The Morgan fingerprint density at radius 3 is 2.55 bits per heavy atom. The van der Waals surface area contributed by atoms with Crippen molar-refractivity contribution in [2.75, 3.05) is 36.4 Å². The first-order chi connectivity index (χ1) is 18.1. The normalized spacial score (nSPS) is 18.6. The standard InChI is InChI=1S/C25H27F4N7OS.2H2/c1-15-8-22(34-33-15)30-21-10-23(36-13-18(14-36)35-7-6-17(26)12-35)32-24(31-21)38-20-4-2-16(3-5-20)9-19(37)11-25(27,28)29;;/h2-5,8,10,17-18H,6-7,9,11-14H2,1H3,(H2,30,31,32,33,34);2*1H/t17-;;/m0../s1. The molecule has 0 saturated carbocycles. The topological polar surface area (TPSA) is 90.0 Å². The lowest BCUT2D eigenvalue weighted by Crippen LogP contribution is -2.59. The highest BCUT2D eigenvalue weighted by atomic mass is 32.2. The number of hydrogen-bond donors (Lipinski definition) is 2. The second-order valence-corrected chi connectivity index (χ2v) is 10.7. The van der Waals surface area contributed by atoms with E-state index in [2.05, 4.69) is 30.3 Å². The number of aryl methyl sites for hydroxylation is 1. The molecule has 206 valence electrons. The number of anilines is 3. The number of Topliss-reactive ketones (excluding diaryl/α,β-unsaturated/α-hetero) is 1. The molecule has 1 aromatic carbocycles. The fourth-order valence-electron chi connectivity index (χ4n) is 4.54. The van der Waals surface area contributed by atoms with Crippen LogP contribution in [0.1, 0.15) is 27.0 Å². The number of aromatic nitrogens is 4. The highest BCUT2D eigenvalue weighted by Gasteiger charge is 2.37. The number of hydrogen-bond acceptors (Lipinski definition) is 8. The van der Waals surface area contributed by atoms with Gasteiger partial charge in [0.15, 0.2) is 11.0 Å². The Balaban J connectivity index is 0.00000220. The Bertz CT molecular complexity index is 1290. The number of halogens is 4. The Hall–Kier alpha value is -3.19. The van der Waals surface area contributed by atoms with Crippen molar-refractivity contribution >= 4 is 35.0 Å². The van der Waals surface area contributed by atoms with Crippen LogP contribution >= 0.6 is 11.8 Å². The number of H-pyrrole nitrogens is 1. The summed E-state index contributed by atoms with van der Waals surface area (Å²) in [7, 11) is 0. The number of aromatic amines is 1. The maximum absolute atomic E-state index is 13.6. The van der Waals surface area contributed by atoms with Crippen LogP contribution in [0.15, 0.2) is 46.5 Å². The lowest BCUT2D eigenvalue weighted by atomic mass is 10.1. The van der Waals surface area contributed by atoms with Gasteiger partial charge >= 0.3 is 6.18 Å². The van der Waals surface area contributed by atoms with Crippen molar-refractivity contribution in [1.29, 1.82) is 0 Å². The van der Waals surface area contributed by atoms with Gasteiger partial charge in [0.1, 0.15) is 30.0 Å². The third-order valence-electron chi connectivity index (χ3n) is 6.45. The van der Waals surface area contributed by atoms with Gasteiger partial charge in [-0.2, -0.15) is 18.3 Å². The SMILES string of the molecule is Cc1cc(Nc2cc(N3CC(N4CC[C@H](F)C4)C3)nc(Sc3ccc(CC(=O)CC(F)(F)F)cc3)n2)n[nH]1.[HH].[HH]. The van der Waals surface area contributed by atoms with E-state index in [4.69, 9.17) is 4.98 Å². The number of ketones is 1. The molecule has 2 aliphatic heterocycles. The molecule has 0 spiro atoms. The first-order valence-corrected chi connectivity index (χ1v) is 13.1. The smallest absolute Gasteiger partial charge is 0.353 e. The Morgan fingerprint density at radius 1 is 1.16 bits per heavy atom. The third-order valence-corrected chi connectivity index (χ3v) is 7.32. The van der Waals surface area contributed by atoms with Crippen LogP contribution in [-0.2, 0) is 11.2 Å². The lowest BCUT2D eigenvalue weighted by molar-refractivity contribution is -0.151. The minimum atomic E-state index is -4.50. The van der Waals surface area contributed by atoms with Crippen LogP contribution in [0, 0.1) is 6.92 Å². The molecule has 2 fully saturated rings. The summed E-state index contributed by atoms with van der Waals surface area (Å²) in [6.45, 7) is 4.64. The van der Waals surface area contributed by atoms with Crippen molar-refractivity contribution in [2.24, 2.45) is 0 Å². The van der Waals surface area contributed by atoms with Gasteiger partial charge in [0.2, 0.25) is 0 Å². The zero-order chi connectivity index (χ0) is 26.9. The summed E-state index contributed by atoms with van der Waals surface area (Å²) < 4.78 is 51.0. The van der Waals surface area contributed by atoms with Crippen LogP contribution in [0.25, 0.3) is 0 Å². The van der Waals surface area contributed by atoms with E-state index in [0.717, 1.165) is 36.0 Å². The molecule has 0 aliphatic carbocycles. The van der Waals surface area contributed by atoms with E-state index >= 15 is 0 Å². The molecule has 0 radical (unpaired) electrons. The third kappa shape index (κ3) is 6.81. The number of carbonyl (C=O) groups excluding carboxylic acids is 1. The summed E-state index contributed by atoms with van der Waals surface area (Å²) >= 11 is 1.31. The Labute approximate surface area is 224 Å². The summed E-state index contributed by atoms with van der Waals surface area (Å²) in [5.41, 5.74) is 1.41. The van der Waals surface area contributed by atoms with Crippen molar-refractivity contribution in [3.8, 4) is 0 Å². The van der Waals surface area contributed by atoms with E-state index in [-0.39, 0.29) is 9.27 Å². The predicted molar refractivity (Wildman–Crippen MR) is 140 cm³/mol. The summed E-state index contributed by atoms with van der Waals surface area (Å²) in [5, 5.41) is 10.8. The summed E-state index contributed by atoms with van der Waals surface area (Å²) in [4.78, 5) is 26.1. The van der Waals surface area contributed by atoms with Crippen molar-refractivity contribution in [3.63, 3.8) is 0 Å². The van der Waals surface area contributed by atoms with Gasteiger partial charge in [-0.25, -0.2) is 14.4 Å². The molecule has 38 heavy (non-hydrogen) atoms. The van der Waals surface area contributed by atoms with E-state index < -0.39 is 24.6 Å². The van der Waals surface area contributed by atoms with E-state index in [9.17, 15) is 22.4 Å². The van der Waals surface area contributed by atoms with Gasteiger partial charge in [0.05, 0.1) is 0 Å². The first-order valence-electron chi connectivity index (χ1n) is 12.3. The van der Waals surface area contributed by atoms with Gasteiger partial charge in [-0.1, -0.05) is 12.1 Å². The lowest BCUT2D eigenvalue weighted by Gasteiger charge is -2.44. The van der Waals surface area contributed by atoms with Crippen LogP contribution in [-0.4, -0.2) is 75.4 Å². The largest absolute Gasteiger partial charge is 0.395 e. The molecular formula is C25H31F4N7OS. The minimum absolute atomic E-state index is 0. The number of benzene rings is 1. The molecule has 0 amide bonds. The van der Waals surface area contributed by atoms with Crippen molar-refractivity contribution < 1.29 is 25.2 Å². The highest BCUT2D eigenvalue weighted by Crippen LogP contribution is 2.32. The van der Waals surface area contributed by atoms with Gasteiger partial charge in [-0.05, 0) is 42.8 Å². The highest BCUT2D eigenvalue weighted by molar-refractivity contribution is 7.99. The number of rotatable bonds is 9. The number of nitrogens with zero attached hydrogens (tertiary/aromatic N) is 5. The Morgan fingerprint density at radius 2 is 1.92 bits per heavy atom. The zero-order valence-corrected chi connectivity index (χ0v) is 21.4. The second-order valence-electron chi connectivity index (χ2n) is 9.65. The average Bonchev–Trinajstić information content (AvgIpc) is 3.40. The maximum atomic E-state index is 13.6. The van der Waals surface area contributed by atoms with Crippen LogP contribution in [0.5, 0.6) is 0 Å². The van der Waals surface area contributed by atoms with Gasteiger partial charge in [-0.15, -0.1) is 0 Å². The molecule has 0 bridgehead atoms. The molecule has 2 saturated heterocycles. The molecule has 4 heterocycles. The quantitative estimate of drug-likeness (QED) is 0.276. The van der Waals surface area contributed by atoms with Gasteiger partial charge in [0.25, 0.3) is 0 Å². The number of likely N-dealkylation sites (tertiary alicyclic amines) is 1. The van der Waals surface area contributed by atoms with Gasteiger partial charge < -0.3 is 10.2 Å². The zero-order valence-electron chi connectivity index (χ0n) is 20.6. The first kappa shape index (κ1) is 26.4. The molecule has 0 unspecified atom stereocenters. The van der Waals surface area contributed by atoms with E-state index in [0.29, 0.717) is 41.4 Å². The average molecular weight is 554 g/mol. The maximum Gasteiger partial charge on any atom is 0.395 e. The monoisotopic (exact) mass is 553 g/mol. The van der Waals surface area contributed by atoms with E-state index in [1.807, 2.05) is 19.1 Å². The molecule has 3 aromatic rings. The molecule has 2 N–H and O–H groups in total. The molecule has 2 aromatic heterocycles. The van der Waals surface area contributed by atoms with Crippen molar-refractivity contribution in [1.82, 2.24) is 25.1 Å². The number of alkyl halides is 4.